The number of hydrogen-bond acceptors (Lipinski definition) is 1. The summed E-state index contributed by atoms with van der Waals surface area (Å²) in [5.41, 5.74) is 1.17. The van der Waals surface area contributed by atoms with Gasteiger partial charge in [0.15, 0.2) is 0 Å². The van der Waals surface area contributed by atoms with Gasteiger partial charge in [0, 0.05) is 16.0 Å². The highest BCUT2D eigenvalue weighted by Crippen LogP contribution is 2.28. The zero-order chi connectivity index (χ0) is 9.97. The minimum atomic E-state index is 0.844. The minimum absolute atomic E-state index is 0.844. The Bertz CT molecular complexity index is 323. The fourth-order valence-electron chi connectivity index (χ4n) is 1.41. The molecule has 0 spiro atoms. The summed E-state index contributed by atoms with van der Waals surface area (Å²) >= 11 is 9.51. The molecule has 0 amide bonds. The molecule has 14 heavy (non-hydrogen) atoms. The number of rotatable bonds is 4. The molecule has 0 bridgehead atoms. The van der Waals surface area contributed by atoms with Crippen LogP contribution >= 0.6 is 27.5 Å². The Morgan fingerprint density at radius 1 is 1.43 bits per heavy atom. The summed E-state index contributed by atoms with van der Waals surface area (Å²) in [5.74, 6) is 0.918. The van der Waals surface area contributed by atoms with Crippen molar-refractivity contribution < 1.29 is 0 Å². The van der Waals surface area contributed by atoms with E-state index in [4.69, 9.17) is 11.6 Å². The van der Waals surface area contributed by atoms with Crippen molar-refractivity contribution in [3.8, 4) is 0 Å². The van der Waals surface area contributed by atoms with Crippen LogP contribution in [0.1, 0.15) is 18.4 Å². The molecule has 76 valence electrons. The molecule has 2 rings (SSSR count). The fourth-order valence-corrected chi connectivity index (χ4v) is 2.00. The van der Waals surface area contributed by atoms with E-state index in [1.807, 2.05) is 12.1 Å². The Labute approximate surface area is 98.0 Å². The van der Waals surface area contributed by atoms with Gasteiger partial charge in [0.25, 0.3) is 0 Å². The lowest BCUT2D eigenvalue weighted by atomic mass is 10.2. The second-order valence-corrected chi connectivity index (χ2v) is 5.13. The quantitative estimate of drug-likeness (QED) is 0.884. The van der Waals surface area contributed by atoms with Gasteiger partial charge in [-0.1, -0.05) is 27.5 Å². The van der Waals surface area contributed by atoms with Crippen LogP contribution in [-0.2, 0) is 6.54 Å². The summed E-state index contributed by atoms with van der Waals surface area (Å²) in [7, 11) is 0. The Morgan fingerprint density at radius 3 is 2.93 bits per heavy atom. The summed E-state index contributed by atoms with van der Waals surface area (Å²) < 4.78 is 1.09. The van der Waals surface area contributed by atoms with Gasteiger partial charge < -0.3 is 5.32 Å². The van der Waals surface area contributed by atoms with E-state index in [1.54, 1.807) is 0 Å². The Kier molecular flexibility index (Phi) is 3.47. The summed E-state index contributed by atoms with van der Waals surface area (Å²) in [6, 6.07) is 5.97. The van der Waals surface area contributed by atoms with Crippen molar-refractivity contribution in [2.75, 3.05) is 6.54 Å². The van der Waals surface area contributed by atoms with E-state index in [-0.39, 0.29) is 0 Å². The molecule has 0 radical (unpaired) electrons. The highest BCUT2D eigenvalue weighted by Gasteiger charge is 2.20. The molecule has 1 fully saturated rings. The Hall–Kier alpha value is -0.0500. The second-order valence-electron chi connectivity index (χ2n) is 3.81. The SMILES string of the molecule is Clc1ccc(Br)cc1CNCC1CC1. The highest BCUT2D eigenvalue weighted by atomic mass is 79.9. The lowest BCUT2D eigenvalue weighted by molar-refractivity contribution is 0.638. The van der Waals surface area contributed by atoms with Crippen LogP contribution in [0.5, 0.6) is 0 Å². The van der Waals surface area contributed by atoms with Gasteiger partial charge in [-0.25, -0.2) is 0 Å². The number of nitrogens with one attached hydrogen (secondary N) is 1. The third-order valence-corrected chi connectivity index (χ3v) is 3.32. The second kappa shape index (κ2) is 4.65. The average molecular weight is 275 g/mol. The molecule has 1 aliphatic carbocycles. The lowest BCUT2D eigenvalue weighted by Gasteiger charge is -2.06. The minimum Gasteiger partial charge on any atom is -0.312 e. The molecular weight excluding hydrogens is 261 g/mol. The van der Waals surface area contributed by atoms with Crippen LogP contribution in [0.3, 0.4) is 0 Å². The highest BCUT2D eigenvalue weighted by molar-refractivity contribution is 9.10. The van der Waals surface area contributed by atoms with Gasteiger partial charge in [-0.15, -0.1) is 0 Å². The molecule has 0 aromatic heterocycles. The summed E-state index contributed by atoms with van der Waals surface area (Å²) in [6.07, 6.45) is 2.78. The van der Waals surface area contributed by atoms with E-state index in [1.165, 1.54) is 18.4 Å². The molecule has 1 saturated carbocycles. The molecule has 1 aliphatic rings. The first kappa shape index (κ1) is 10.5. The van der Waals surface area contributed by atoms with Crippen LogP contribution in [-0.4, -0.2) is 6.54 Å². The van der Waals surface area contributed by atoms with Crippen LogP contribution in [0.2, 0.25) is 5.02 Å². The third kappa shape index (κ3) is 2.97. The summed E-state index contributed by atoms with van der Waals surface area (Å²) in [4.78, 5) is 0. The first-order valence-electron chi connectivity index (χ1n) is 4.90. The molecule has 0 atom stereocenters. The van der Waals surface area contributed by atoms with Gasteiger partial charge in [0.05, 0.1) is 0 Å². The Morgan fingerprint density at radius 2 is 2.21 bits per heavy atom. The van der Waals surface area contributed by atoms with Crippen molar-refractivity contribution in [3.63, 3.8) is 0 Å². The van der Waals surface area contributed by atoms with Crippen molar-refractivity contribution in [3.05, 3.63) is 33.3 Å². The van der Waals surface area contributed by atoms with E-state index >= 15 is 0 Å². The van der Waals surface area contributed by atoms with Crippen molar-refractivity contribution >= 4 is 27.5 Å². The first-order chi connectivity index (χ1) is 6.75. The maximum Gasteiger partial charge on any atom is 0.0451 e. The third-order valence-electron chi connectivity index (χ3n) is 2.45. The van der Waals surface area contributed by atoms with Crippen LogP contribution in [0.15, 0.2) is 22.7 Å². The van der Waals surface area contributed by atoms with E-state index in [9.17, 15) is 0 Å². The van der Waals surface area contributed by atoms with Gasteiger partial charge in [0.2, 0.25) is 0 Å². The standard InChI is InChI=1S/C11H13BrClN/c12-10-3-4-11(13)9(5-10)7-14-6-8-1-2-8/h3-5,8,14H,1-2,6-7H2. The van der Waals surface area contributed by atoms with Gasteiger partial charge in [-0.2, -0.15) is 0 Å². The van der Waals surface area contributed by atoms with Gasteiger partial charge in [-0.05, 0) is 49.1 Å². The van der Waals surface area contributed by atoms with E-state index in [2.05, 4.69) is 27.3 Å². The monoisotopic (exact) mass is 273 g/mol. The topological polar surface area (TPSA) is 12.0 Å². The molecule has 1 aromatic rings. The maximum atomic E-state index is 6.07. The first-order valence-corrected chi connectivity index (χ1v) is 6.07. The molecule has 1 nitrogen and oxygen atoms in total. The number of hydrogen-bond donors (Lipinski definition) is 1. The normalized spacial score (nSPS) is 15.9. The van der Waals surface area contributed by atoms with Crippen molar-refractivity contribution in [1.29, 1.82) is 0 Å². The molecule has 3 heteroatoms. The van der Waals surface area contributed by atoms with Crippen LogP contribution in [0.25, 0.3) is 0 Å². The molecular formula is C11H13BrClN. The maximum absolute atomic E-state index is 6.07. The van der Waals surface area contributed by atoms with Gasteiger partial charge in [-0.3, -0.25) is 0 Å². The van der Waals surface area contributed by atoms with Crippen LogP contribution in [0, 0.1) is 5.92 Å². The molecule has 0 unspecified atom stereocenters. The molecule has 0 aliphatic heterocycles. The number of benzene rings is 1. The van der Waals surface area contributed by atoms with Gasteiger partial charge in [0.1, 0.15) is 0 Å². The summed E-state index contributed by atoms with van der Waals surface area (Å²) in [5, 5.41) is 4.27. The van der Waals surface area contributed by atoms with Crippen LogP contribution < -0.4 is 5.32 Å². The van der Waals surface area contributed by atoms with Crippen molar-refractivity contribution in [1.82, 2.24) is 5.32 Å². The van der Waals surface area contributed by atoms with E-state index in [0.29, 0.717) is 0 Å². The van der Waals surface area contributed by atoms with Crippen molar-refractivity contribution in [2.24, 2.45) is 5.92 Å². The number of halogens is 2. The van der Waals surface area contributed by atoms with Gasteiger partial charge >= 0.3 is 0 Å². The molecule has 1 N–H and O–H groups in total. The van der Waals surface area contributed by atoms with E-state index < -0.39 is 0 Å². The zero-order valence-electron chi connectivity index (χ0n) is 7.89. The zero-order valence-corrected chi connectivity index (χ0v) is 10.2. The van der Waals surface area contributed by atoms with E-state index in [0.717, 1.165) is 28.5 Å². The fraction of sp³-hybridized carbons (Fsp3) is 0.455. The Balaban J connectivity index is 1.89. The van der Waals surface area contributed by atoms with Crippen molar-refractivity contribution in [2.45, 2.75) is 19.4 Å². The molecule has 0 saturated heterocycles. The average Bonchev–Trinajstić information content (AvgIpc) is 2.95. The smallest absolute Gasteiger partial charge is 0.0451 e. The molecule has 0 heterocycles. The largest absolute Gasteiger partial charge is 0.312 e. The lowest BCUT2D eigenvalue weighted by Crippen LogP contribution is -2.16. The summed E-state index contributed by atoms with van der Waals surface area (Å²) in [6.45, 7) is 2.00. The predicted octanol–water partition coefficient (Wildman–Crippen LogP) is 3.60. The van der Waals surface area contributed by atoms with Crippen LogP contribution in [0.4, 0.5) is 0 Å². The molecule has 1 aromatic carbocycles. The predicted molar refractivity (Wildman–Crippen MR) is 63.6 cm³/mol.